The molecule has 0 atom stereocenters. The van der Waals surface area contributed by atoms with Crippen LogP contribution in [0.4, 0.5) is 4.39 Å². The average Bonchev–Trinajstić information content (AvgIpc) is 2.87. The summed E-state index contributed by atoms with van der Waals surface area (Å²) in [6.07, 6.45) is 1.92. The minimum atomic E-state index is -0.406. The highest BCUT2D eigenvalue weighted by Crippen LogP contribution is 2.24. The summed E-state index contributed by atoms with van der Waals surface area (Å²) in [5.74, 6) is -0.406. The zero-order valence-corrected chi connectivity index (χ0v) is 11.4. The Kier molecular flexibility index (Phi) is 3.47. The van der Waals surface area contributed by atoms with Gasteiger partial charge in [0.15, 0.2) is 0 Å². The van der Waals surface area contributed by atoms with Gasteiger partial charge in [0.2, 0.25) is 0 Å². The maximum atomic E-state index is 13.5. The third-order valence-corrected chi connectivity index (χ3v) is 3.87. The Labute approximate surface area is 121 Å². The van der Waals surface area contributed by atoms with E-state index in [-0.39, 0.29) is 11.6 Å². The summed E-state index contributed by atoms with van der Waals surface area (Å²) >= 11 is 5.99. The van der Waals surface area contributed by atoms with Crippen molar-refractivity contribution >= 4 is 22.5 Å². The highest BCUT2D eigenvalue weighted by molar-refractivity contribution is 6.31. The fraction of sp³-hybridized carbons (Fsp3) is 0.125. The molecule has 0 bridgehead atoms. The van der Waals surface area contributed by atoms with E-state index in [1.165, 1.54) is 6.07 Å². The summed E-state index contributed by atoms with van der Waals surface area (Å²) < 4.78 is 15.5. The number of aliphatic hydroxyl groups is 1. The minimum absolute atomic E-state index is 0.00206. The number of hydrogen-bond donors (Lipinski definition) is 1. The second kappa shape index (κ2) is 5.27. The summed E-state index contributed by atoms with van der Waals surface area (Å²) in [5.41, 5.74) is 2.61. The molecular formula is C16H13ClFNO. The summed E-state index contributed by atoms with van der Waals surface area (Å²) in [7, 11) is 0. The highest BCUT2D eigenvalue weighted by Gasteiger charge is 2.09. The Balaban J connectivity index is 2.05. The maximum absolute atomic E-state index is 13.5. The van der Waals surface area contributed by atoms with Crippen molar-refractivity contribution in [2.45, 2.75) is 13.2 Å². The molecule has 0 amide bonds. The monoisotopic (exact) mass is 289 g/mol. The molecule has 1 heterocycles. The first kappa shape index (κ1) is 13.2. The molecule has 102 valence electrons. The van der Waals surface area contributed by atoms with Gasteiger partial charge in [-0.1, -0.05) is 35.9 Å². The predicted octanol–water partition coefficient (Wildman–Crippen LogP) is 3.97. The van der Waals surface area contributed by atoms with E-state index in [4.69, 9.17) is 11.6 Å². The maximum Gasteiger partial charge on any atom is 0.142 e. The van der Waals surface area contributed by atoms with Crippen LogP contribution in [-0.2, 0) is 13.2 Å². The van der Waals surface area contributed by atoms with E-state index in [1.54, 1.807) is 6.07 Å². The van der Waals surface area contributed by atoms with Crippen molar-refractivity contribution in [2.75, 3.05) is 0 Å². The number of fused-ring (bicyclic) bond motifs is 1. The molecule has 0 radical (unpaired) electrons. The van der Waals surface area contributed by atoms with Gasteiger partial charge in [0.05, 0.1) is 11.6 Å². The number of benzene rings is 2. The molecule has 1 N–H and O–H groups in total. The Morgan fingerprint density at radius 2 is 1.80 bits per heavy atom. The summed E-state index contributed by atoms with van der Waals surface area (Å²) in [6, 6.07) is 12.5. The molecule has 0 unspecified atom stereocenters. The summed E-state index contributed by atoms with van der Waals surface area (Å²) in [4.78, 5) is 0. The molecule has 0 aliphatic rings. The van der Waals surface area contributed by atoms with Gasteiger partial charge >= 0.3 is 0 Å². The fourth-order valence-corrected chi connectivity index (χ4v) is 2.60. The molecule has 0 saturated heterocycles. The van der Waals surface area contributed by atoms with Gasteiger partial charge in [-0.25, -0.2) is 4.39 Å². The highest BCUT2D eigenvalue weighted by atomic mass is 35.5. The second-order valence-corrected chi connectivity index (χ2v) is 5.04. The lowest BCUT2D eigenvalue weighted by Gasteiger charge is -2.09. The fourth-order valence-electron chi connectivity index (χ4n) is 2.42. The lowest BCUT2D eigenvalue weighted by atomic mass is 10.1. The topological polar surface area (TPSA) is 25.2 Å². The molecule has 0 saturated carbocycles. The van der Waals surface area contributed by atoms with E-state index in [1.807, 2.05) is 41.1 Å². The molecule has 3 rings (SSSR count). The molecule has 3 aromatic rings. The van der Waals surface area contributed by atoms with Crippen molar-refractivity contribution in [3.8, 4) is 0 Å². The largest absolute Gasteiger partial charge is 0.392 e. The zero-order valence-electron chi connectivity index (χ0n) is 10.7. The first-order valence-corrected chi connectivity index (χ1v) is 6.69. The van der Waals surface area contributed by atoms with E-state index in [9.17, 15) is 9.50 Å². The summed E-state index contributed by atoms with van der Waals surface area (Å²) in [5, 5.41) is 10.5. The third-order valence-electron chi connectivity index (χ3n) is 3.45. The van der Waals surface area contributed by atoms with Gasteiger partial charge in [-0.3, -0.25) is 0 Å². The molecule has 2 aromatic carbocycles. The molecule has 0 spiro atoms. The first-order chi connectivity index (χ1) is 9.70. The molecule has 20 heavy (non-hydrogen) atoms. The van der Waals surface area contributed by atoms with E-state index < -0.39 is 5.82 Å². The van der Waals surface area contributed by atoms with Crippen LogP contribution in [0.2, 0.25) is 5.02 Å². The van der Waals surface area contributed by atoms with Gasteiger partial charge in [0.1, 0.15) is 5.82 Å². The second-order valence-electron chi connectivity index (χ2n) is 4.66. The van der Waals surface area contributed by atoms with Crippen molar-refractivity contribution in [2.24, 2.45) is 0 Å². The SMILES string of the molecule is OCc1cccc2c1ccn2Cc1cccc(F)c1Cl. The van der Waals surface area contributed by atoms with E-state index in [0.29, 0.717) is 6.54 Å². The minimum Gasteiger partial charge on any atom is -0.392 e. The molecule has 2 nitrogen and oxygen atoms in total. The standard InChI is InChI=1S/C16H13ClFNO/c17-16-11(3-1-5-14(16)18)9-19-8-7-13-12(10-20)4-2-6-15(13)19/h1-8,20H,9-10H2. The van der Waals surface area contributed by atoms with E-state index >= 15 is 0 Å². The van der Waals surface area contributed by atoms with Crippen LogP contribution in [-0.4, -0.2) is 9.67 Å². The van der Waals surface area contributed by atoms with Crippen LogP contribution in [0, 0.1) is 5.82 Å². The van der Waals surface area contributed by atoms with Gasteiger partial charge in [-0.15, -0.1) is 0 Å². The Hall–Kier alpha value is -1.84. The van der Waals surface area contributed by atoms with Crippen LogP contribution in [0.1, 0.15) is 11.1 Å². The predicted molar refractivity (Wildman–Crippen MR) is 78.4 cm³/mol. The number of rotatable bonds is 3. The summed E-state index contributed by atoms with van der Waals surface area (Å²) in [6.45, 7) is 0.497. The lowest BCUT2D eigenvalue weighted by Crippen LogP contribution is -1.99. The van der Waals surface area contributed by atoms with Gasteiger partial charge < -0.3 is 9.67 Å². The number of nitrogens with zero attached hydrogens (tertiary/aromatic N) is 1. The lowest BCUT2D eigenvalue weighted by molar-refractivity contribution is 0.283. The molecule has 0 aliphatic carbocycles. The van der Waals surface area contributed by atoms with Crippen molar-refractivity contribution in [1.82, 2.24) is 4.57 Å². The van der Waals surface area contributed by atoms with Gasteiger partial charge in [0.25, 0.3) is 0 Å². The Morgan fingerprint density at radius 3 is 2.60 bits per heavy atom. The number of aliphatic hydroxyl groups excluding tert-OH is 1. The number of aromatic nitrogens is 1. The molecule has 4 heteroatoms. The number of hydrogen-bond acceptors (Lipinski definition) is 1. The van der Waals surface area contributed by atoms with Crippen LogP contribution in [0.25, 0.3) is 10.9 Å². The quantitative estimate of drug-likeness (QED) is 0.775. The first-order valence-electron chi connectivity index (χ1n) is 6.31. The Morgan fingerprint density at radius 1 is 1.05 bits per heavy atom. The van der Waals surface area contributed by atoms with Crippen LogP contribution in [0.15, 0.2) is 48.7 Å². The van der Waals surface area contributed by atoms with Gasteiger partial charge in [-0.05, 0) is 29.3 Å². The Bertz CT molecular complexity index is 766. The van der Waals surface area contributed by atoms with Gasteiger partial charge in [0, 0.05) is 23.6 Å². The van der Waals surface area contributed by atoms with E-state index in [2.05, 4.69) is 0 Å². The molecular weight excluding hydrogens is 277 g/mol. The normalized spacial score (nSPS) is 11.2. The van der Waals surface area contributed by atoms with Crippen LogP contribution in [0.5, 0.6) is 0 Å². The van der Waals surface area contributed by atoms with Crippen LogP contribution >= 0.6 is 11.6 Å². The van der Waals surface area contributed by atoms with Crippen molar-refractivity contribution in [1.29, 1.82) is 0 Å². The number of halogens is 2. The van der Waals surface area contributed by atoms with E-state index in [0.717, 1.165) is 22.0 Å². The van der Waals surface area contributed by atoms with Crippen LogP contribution in [0.3, 0.4) is 0 Å². The van der Waals surface area contributed by atoms with Gasteiger partial charge in [-0.2, -0.15) is 0 Å². The molecule has 1 aromatic heterocycles. The molecule has 0 aliphatic heterocycles. The smallest absolute Gasteiger partial charge is 0.142 e. The van der Waals surface area contributed by atoms with Crippen molar-refractivity contribution in [3.63, 3.8) is 0 Å². The van der Waals surface area contributed by atoms with Crippen molar-refractivity contribution < 1.29 is 9.50 Å². The third kappa shape index (κ3) is 2.19. The average molecular weight is 290 g/mol. The van der Waals surface area contributed by atoms with Crippen LogP contribution < -0.4 is 0 Å². The zero-order chi connectivity index (χ0) is 14.1. The molecule has 0 fully saturated rings. The van der Waals surface area contributed by atoms with Crippen molar-refractivity contribution in [3.05, 3.63) is 70.6 Å².